The van der Waals surface area contributed by atoms with Gasteiger partial charge in [0.15, 0.2) is 29.3 Å². The maximum absolute atomic E-state index is 12.6. The maximum Gasteiger partial charge on any atom is 0.252 e. The molecule has 1 aliphatic heterocycles. The van der Waals surface area contributed by atoms with Crippen LogP contribution in [0.2, 0.25) is 0 Å². The number of imidazole rings is 1. The Morgan fingerprint density at radius 1 is 0.978 bits per heavy atom. The van der Waals surface area contributed by atoms with E-state index in [2.05, 4.69) is 64.2 Å². The number of benzene rings is 2. The predicted molar refractivity (Wildman–Crippen MR) is 177 cm³/mol. The van der Waals surface area contributed by atoms with E-state index in [1.807, 2.05) is 36.4 Å². The number of carbonyl (C=O) groups is 1. The lowest BCUT2D eigenvalue weighted by atomic mass is 9.90. The number of nitrogens with one attached hydrogen (secondary N) is 3. The molecule has 1 amide bonds. The summed E-state index contributed by atoms with van der Waals surface area (Å²) < 4.78 is 7.51. The zero-order valence-electron chi connectivity index (χ0n) is 26.6. The number of fused-ring (bicyclic) bond motifs is 1. The quantitative estimate of drug-likeness (QED) is 0.168. The Kier molecular flexibility index (Phi) is 9.78. The Morgan fingerprint density at radius 3 is 2.24 bits per heavy atom. The van der Waals surface area contributed by atoms with Crippen LogP contribution >= 0.6 is 0 Å². The summed E-state index contributed by atoms with van der Waals surface area (Å²) >= 11 is 0. The van der Waals surface area contributed by atoms with E-state index in [9.17, 15) is 15.0 Å². The molecule has 244 valence electrons. The summed E-state index contributed by atoms with van der Waals surface area (Å²) in [6.07, 6.45) is 0.579. The number of aromatic nitrogens is 4. The maximum atomic E-state index is 12.6. The van der Waals surface area contributed by atoms with E-state index in [1.54, 1.807) is 11.5 Å². The summed E-state index contributed by atoms with van der Waals surface area (Å²) in [6.45, 7) is 2.70. The van der Waals surface area contributed by atoms with E-state index in [-0.39, 0.29) is 12.0 Å². The van der Waals surface area contributed by atoms with Crippen molar-refractivity contribution in [3.8, 4) is 0 Å². The van der Waals surface area contributed by atoms with Crippen molar-refractivity contribution in [2.45, 2.75) is 75.1 Å². The summed E-state index contributed by atoms with van der Waals surface area (Å²) in [5.41, 5.74) is 3.25. The van der Waals surface area contributed by atoms with Gasteiger partial charge in [0.2, 0.25) is 5.95 Å². The third-order valence-electron chi connectivity index (χ3n) is 9.18. The number of hydrogen-bond acceptors (Lipinski definition) is 10. The van der Waals surface area contributed by atoms with Crippen molar-refractivity contribution in [1.29, 1.82) is 0 Å². The molecule has 0 radical (unpaired) electrons. The topological polar surface area (TPSA) is 150 Å². The molecule has 2 aromatic heterocycles. The smallest absolute Gasteiger partial charge is 0.252 e. The lowest BCUT2D eigenvalue weighted by Gasteiger charge is -2.33. The summed E-state index contributed by atoms with van der Waals surface area (Å²) in [6, 6.07) is 21.4. The Morgan fingerprint density at radius 2 is 1.63 bits per heavy atom. The van der Waals surface area contributed by atoms with Gasteiger partial charge in [-0.15, -0.1) is 0 Å². The minimum Gasteiger partial charge on any atom is -0.387 e. The number of amides is 1. The van der Waals surface area contributed by atoms with Crippen molar-refractivity contribution in [3.63, 3.8) is 0 Å². The van der Waals surface area contributed by atoms with Crippen molar-refractivity contribution in [2.75, 3.05) is 37.8 Å². The molecule has 0 unspecified atom stereocenters. The van der Waals surface area contributed by atoms with Crippen LogP contribution in [-0.4, -0.2) is 98.1 Å². The zero-order chi connectivity index (χ0) is 32.2. The predicted octanol–water partition coefficient (Wildman–Crippen LogP) is 3.11. The van der Waals surface area contributed by atoms with Gasteiger partial charge in [-0.05, 0) is 57.8 Å². The van der Waals surface area contributed by atoms with Crippen LogP contribution in [0.5, 0.6) is 0 Å². The molecule has 3 heterocycles. The minimum atomic E-state index is -1.41. The average Bonchev–Trinajstić information content (AvgIpc) is 3.62. The van der Waals surface area contributed by atoms with E-state index in [1.165, 1.54) is 17.5 Å². The lowest BCUT2D eigenvalue weighted by Crippen LogP contribution is -2.42. The number of hydrogen-bond donors (Lipinski definition) is 5. The molecular formula is C34H44N8O4. The van der Waals surface area contributed by atoms with Crippen molar-refractivity contribution in [3.05, 3.63) is 78.1 Å². The Hall–Kier alpha value is -4.10. The number of aliphatic hydroxyl groups is 2. The third kappa shape index (κ3) is 6.70. The minimum absolute atomic E-state index is 0.0418. The number of ether oxygens (including phenoxy) is 1. The highest BCUT2D eigenvalue weighted by atomic mass is 16.6. The van der Waals surface area contributed by atoms with Crippen LogP contribution in [0.15, 0.2) is 67.0 Å². The van der Waals surface area contributed by atoms with Crippen LogP contribution in [0.1, 0.15) is 55.9 Å². The van der Waals surface area contributed by atoms with Crippen LogP contribution in [0, 0.1) is 0 Å². The number of nitrogens with zero attached hydrogens (tertiary/aromatic N) is 5. The van der Waals surface area contributed by atoms with Crippen LogP contribution < -0.4 is 16.0 Å². The first kappa shape index (κ1) is 31.9. The van der Waals surface area contributed by atoms with E-state index < -0.39 is 30.4 Å². The fourth-order valence-corrected chi connectivity index (χ4v) is 6.59. The first-order valence-corrected chi connectivity index (χ1v) is 16.1. The molecule has 12 heteroatoms. The molecule has 2 aromatic carbocycles. The van der Waals surface area contributed by atoms with Gasteiger partial charge in [-0.2, -0.15) is 9.97 Å². The second-order valence-corrected chi connectivity index (χ2v) is 12.4. The Labute approximate surface area is 269 Å². The van der Waals surface area contributed by atoms with Gasteiger partial charge in [0, 0.05) is 31.1 Å². The number of carbonyl (C=O) groups excluding carboxylic acids is 1. The number of likely N-dealkylation sites (N-methyl/N-ethyl adjacent to an activating group) is 1. The van der Waals surface area contributed by atoms with Crippen LogP contribution in [0.25, 0.3) is 11.2 Å². The fourth-order valence-electron chi connectivity index (χ4n) is 6.59. The number of aliphatic hydroxyl groups excluding tert-OH is 2. The Bertz CT molecular complexity index is 1550. The second-order valence-electron chi connectivity index (χ2n) is 12.4. The highest BCUT2D eigenvalue weighted by Gasteiger charge is 2.47. The monoisotopic (exact) mass is 628 g/mol. The van der Waals surface area contributed by atoms with E-state index in [4.69, 9.17) is 14.7 Å². The fraction of sp³-hybridized carbons (Fsp3) is 0.471. The van der Waals surface area contributed by atoms with Crippen molar-refractivity contribution in [2.24, 2.45) is 0 Å². The number of anilines is 2. The van der Waals surface area contributed by atoms with Gasteiger partial charge >= 0.3 is 0 Å². The van der Waals surface area contributed by atoms with E-state index in [0.717, 1.165) is 25.7 Å². The van der Waals surface area contributed by atoms with Crippen LogP contribution in [-0.2, 0) is 9.53 Å². The molecule has 0 bridgehead atoms. The molecule has 12 nitrogen and oxygen atoms in total. The van der Waals surface area contributed by atoms with Gasteiger partial charge in [0.1, 0.15) is 12.2 Å². The van der Waals surface area contributed by atoms with Gasteiger partial charge in [-0.25, -0.2) is 4.98 Å². The Balaban J connectivity index is 1.33. The standard InChI is InChI=1S/C34H44N8O4/c1-4-35-32(45)29-27(43)28(44)33(46-29)42-20-37-26-30(36-19-25(21-11-7-5-8-12-21)22-13-9-6-10-14-22)39-34(40-31(26)42)38-23-15-17-24(18-16-23)41(2)3/h5-14,20,23-25,27-29,33,43-44H,4,15-19H2,1-3H3,(H,35,45)(H2,36,38,39,40)/t23-,24-,27-,28+,29-,33+/m0/s1. The molecular weight excluding hydrogens is 584 g/mol. The average molecular weight is 629 g/mol. The van der Waals surface area contributed by atoms with Gasteiger partial charge < -0.3 is 35.8 Å². The summed E-state index contributed by atoms with van der Waals surface area (Å²) in [5.74, 6) is 0.537. The molecule has 1 saturated carbocycles. The molecule has 2 aliphatic rings. The van der Waals surface area contributed by atoms with Crippen molar-refractivity contribution < 1.29 is 19.7 Å². The van der Waals surface area contributed by atoms with Gasteiger partial charge in [0.05, 0.1) is 6.33 Å². The summed E-state index contributed by atoms with van der Waals surface area (Å²) in [5, 5.41) is 31.5. The summed E-state index contributed by atoms with van der Waals surface area (Å²) in [7, 11) is 4.25. The van der Waals surface area contributed by atoms with Gasteiger partial charge in [0.25, 0.3) is 5.91 Å². The van der Waals surface area contributed by atoms with E-state index >= 15 is 0 Å². The van der Waals surface area contributed by atoms with Crippen LogP contribution in [0.3, 0.4) is 0 Å². The van der Waals surface area contributed by atoms with E-state index in [0.29, 0.717) is 42.1 Å². The zero-order valence-corrected chi connectivity index (χ0v) is 26.6. The van der Waals surface area contributed by atoms with Crippen molar-refractivity contribution in [1.82, 2.24) is 29.7 Å². The SMILES string of the molecule is CCNC(=O)[C@H]1O[C@@H](n2cnc3c(NCC(c4ccccc4)c4ccccc4)nc(N[C@H]4CC[C@H](N(C)C)CC4)nc32)[C@H](O)[C@@H]1O. The van der Waals surface area contributed by atoms with Crippen molar-refractivity contribution >= 4 is 28.8 Å². The molecule has 46 heavy (non-hydrogen) atoms. The lowest BCUT2D eigenvalue weighted by molar-refractivity contribution is -0.137. The van der Waals surface area contributed by atoms with Gasteiger partial charge in [-0.1, -0.05) is 60.7 Å². The first-order chi connectivity index (χ1) is 22.3. The number of rotatable bonds is 11. The summed E-state index contributed by atoms with van der Waals surface area (Å²) in [4.78, 5) is 29.3. The highest BCUT2D eigenvalue weighted by molar-refractivity contribution is 5.85. The molecule has 4 aromatic rings. The molecule has 2 fully saturated rings. The normalized spacial score (nSPS) is 24.8. The van der Waals surface area contributed by atoms with Crippen LogP contribution in [0.4, 0.5) is 11.8 Å². The largest absolute Gasteiger partial charge is 0.387 e. The molecule has 1 aliphatic carbocycles. The molecule has 6 rings (SSSR count). The molecule has 5 N–H and O–H groups in total. The molecule has 1 saturated heterocycles. The third-order valence-corrected chi connectivity index (χ3v) is 9.18. The molecule has 4 atom stereocenters. The van der Waals surface area contributed by atoms with Gasteiger partial charge in [-0.3, -0.25) is 9.36 Å². The second kappa shape index (κ2) is 14.1. The first-order valence-electron chi connectivity index (χ1n) is 16.1. The molecule has 0 spiro atoms. The highest BCUT2D eigenvalue weighted by Crippen LogP contribution is 2.34.